The molecule has 1 aromatic rings. The molecule has 0 unspecified atom stereocenters. The van der Waals surface area contributed by atoms with Crippen molar-refractivity contribution < 1.29 is 13.2 Å². The predicted octanol–water partition coefficient (Wildman–Crippen LogP) is 1.58. The van der Waals surface area contributed by atoms with Gasteiger partial charge in [0, 0.05) is 11.9 Å². The van der Waals surface area contributed by atoms with Gasteiger partial charge in [-0.2, -0.15) is 5.26 Å². The number of hydrogen-bond donors (Lipinski definition) is 0. The van der Waals surface area contributed by atoms with E-state index in [0.29, 0.717) is 5.75 Å². The number of benzene rings is 1. The summed E-state index contributed by atoms with van der Waals surface area (Å²) < 4.78 is 28.5. The summed E-state index contributed by atoms with van der Waals surface area (Å²) in [6, 6.07) is 6.12. The van der Waals surface area contributed by atoms with Crippen molar-refractivity contribution in [1.29, 1.82) is 5.26 Å². The van der Waals surface area contributed by atoms with E-state index in [2.05, 4.69) is 0 Å². The largest absolute Gasteiger partial charge is 0.497 e. The molecular weight excluding hydrogens is 250 g/mol. The Hall–Kier alpha value is -1.25. The van der Waals surface area contributed by atoms with Gasteiger partial charge in [0.05, 0.1) is 23.3 Å². The zero-order valence-corrected chi connectivity index (χ0v) is 10.2. The third-order valence-electron chi connectivity index (χ3n) is 1.99. The van der Waals surface area contributed by atoms with Gasteiger partial charge in [0.25, 0.3) is 0 Å². The fourth-order valence-electron chi connectivity index (χ4n) is 1.19. The van der Waals surface area contributed by atoms with Gasteiger partial charge in [-0.3, -0.25) is 0 Å². The Morgan fingerprint density at radius 3 is 2.69 bits per heavy atom. The maximum atomic E-state index is 11.8. The third-order valence-corrected chi connectivity index (χ3v) is 4.15. The lowest BCUT2D eigenvalue weighted by atomic mass is 10.2. The molecule has 0 spiro atoms. The highest BCUT2D eigenvalue weighted by Crippen LogP contribution is 2.22. The van der Waals surface area contributed by atoms with Crippen LogP contribution in [0.4, 0.5) is 0 Å². The minimum absolute atomic E-state index is 0.00951. The van der Waals surface area contributed by atoms with Crippen LogP contribution in [0.25, 0.3) is 0 Å². The number of alkyl halides is 1. The molecule has 0 aliphatic heterocycles. The molecule has 0 bridgehead atoms. The standard InChI is InChI=1S/C10H10ClNO3S/c1-15-9-3-2-8(7-12)10(6-9)16(13,14)5-4-11/h2-3,6H,4-5H2,1H3. The highest BCUT2D eigenvalue weighted by Gasteiger charge is 2.19. The number of methoxy groups -OCH3 is 1. The van der Waals surface area contributed by atoms with Gasteiger partial charge >= 0.3 is 0 Å². The molecule has 0 saturated heterocycles. The molecule has 0 atom stereocenters. The van der Waals surface area contributed by atoms with E-state index in [1.54, 1.807) is 0 Å². The molecule has 6 heteroatoms. The summed E-state index contributed by atoms with van der Waals surface area (Å²) in [7, 11) is -2.09. The monoisotopic (exact) mass is 259 g/mol. The molecule has 1 rings (SSSR count). The van der Waals surface area contributed by atoms with E-state index in [4.69, 9.17) is 21.6 Å². The minimum Gasteiger partial charge on any atom is -0.497 e. The van der Waals surface area contributed by atoms with E-state index in [0.717, 1.165) is 0 Å². The summed E-state index contributed by atoms with van der Waals surface area (Å²) in [5, 5.41) is 8.83. The Kier molecular flexibility index (Phi) is 4.16. The van der Waals surface area contributed by atoms with Gasteiger partial charge in [0.1, 0.15) is 11.8 Å². The molecule has 0 fully saturated rings. The van der Waals surface area contributed by atoms with Gasteiger partial charge in [-0.25, -0.2) is 8.42 Å². The first-order chi connectivity index (χ1) is 7.55. The molecule has 0 N–H and O–H groups in total. The van der Waals surface area contributed by atoms with Crippen LogP contribution in [-0.2, 0) is 9.84 Å². The number of rotatable bonds is 4. The van der Waals surface area contributed by atoms with Crippen LogP contribution in [-0.4, -0.2) is 27.2 Å². The van der Waals surface area contributed by atoms with Crippen molar-refractivity contribution in [1.82, 2.24) is 0 Å². The van der Waals surface area contributed by atoms with E-state index >= 15 is 0 Å². The predicted molar refractivity (Wildman–Crippen MR) is 60.5 cm³/mol. The third kappa shape index (κ3) is 2.65. The normalized spacial score (nSPS) is 10.8. The molecule has 0 heterocycles. The second-order valence-corrected chi connectivity index (χ2v) is 5.44. The van der Waals surface area contributed by atoms with Crippen LogP contribution in [0, 0.1) is 11.3 Å². The smallest absolute Gasteiger partial charge is 0.180 e. The second-order valence-electron chi connectivity index (χ2n) is 2.98. The summed E-state index contributed by atoms with van der Waals surface area (Å²) >= 11 is 5.41. The molecule has 4 nitrogen and oxygen atoms in total. The Bertz CT molecular complexity index is 519. The highest BCUT2D eigenvalue weighted by atomic mass is 35.5. The van der Waals surface area contributed by atoms with Crippen molar-refractivity contribution in [3.05, 3.63) is 23.8 Å². The summed E-state index contributed by atoms with van der Waals surface area (Å²) in [5.74, 6) is 0.188. The van der Waals surface area contributed by atoms with Gasteiger partial charge in [0.15, 0.2) is 9.84 Å². The first-order valence-electron chi connectivity index (χ1n) is 4.42. The molecule has 0 aliphatic rings. The molecule has 16 heavy (non-hydrogen) atoms. The van der Waals surface area contributed by atoms with Crippen LogP contribution in [0.5, 0.6) is 5.75 Å². The van der Waals surface area contributed by atoms with Crippen LogP contribution < -0.4 is 4.74 Å². The van der Waals surface area contributed by atoms with Crippen molar-refractivity contribution in [2.24, 2.45) is 0 Å². The van der Waals surface area contributed by atoms with Gasteiger partial charge in [-0.15, -0.1) is 11.6 Å². The average Bonchev–Trinajstić information content (AvgIpc) is 2.28. The summed E-state index contributed by atoms with van der Waals surface area (Å²) in [4.78, 5) is -0.0324. The SMILES string of the molecule is COc1ccc(C#N)c(S(=O)(=O)CCCl)c1. The topological polar surface area (TPSA) is 67.2 Å². The lowest BCUT2D eigenvalue weighted by molar-refractivity contribution is 0.413. The van der Waals surface area contributed by atoms with E-state index < -0.39 is 9.84 Å². The van der Waals surface area contributed by atoms with Crippen LogP contribution in [0.1, 0.15) is 5.56 Å². The van der Waals surface area contributed by atoms with Crippen molar-refractivity contribution in [3.63, 3.8) is 0 Å². The Morgan fingerprint density at radius 2 is 2.19 bits per heavy atom. The zero-order valence-electron chi connectivity index (χ0n) is 8.60. The second kappa shape index (κ2) is 5.19. The van der Waals surface area contributed by atoms with Gasteiger partial charge < -0.3 is 4.74 Å². The maximum Gasteiger partial charge on any atom is 0.180 e. The number of nitriles is 1. The van der Waals surface area contributed by atoms with Crippen molar-refractivity contribution in [2.75, 3.05) is 18.7 Å². The van der Waals surface area contributed by atoms with Crippen LogP contribution >= 0.6 is 11.6 Å². The van der Waals surface area contributed by atoms with E-state index in [1.165, 1.54) is 25.3 Å². The fourth-order valence-corrected chi connectivity index (χ4v) is 2.97. The van der Waals surface area contributed by atoms with E-state index in [1.807, 2.05) is 6.07 Å². The Labute approximate surface area is 99.3 Å². The molecular formula is C10H10ClNO3S. The highest BCUT2D eigenvalue weighted by molar-refractivity contribution is 7.91. The summed E-state index contributed by atoms with van der Waals surface area (Å²) in [6.07, 6.45) is 0. The quantitative estimate of drug-likeness (QED) is 0.770. The van der Waals surface area contributed by atoms with Crippen LogP contribution in [0.15, 0.2) is 23.1 Å². The lowest BCUT2D eigenvalue weighted by Gasteiger charge is -2.06. The number of sulfone groups is 1. The first-order valence-corrected chi connectivity index (χ1v) is 6.60. The number of nitrogens with zero attached hydrogens (tertiary/aromatic N) is 1. The molecule has 0 aromatic heterocycles. The Morgan fingerprint density at radius 1 is 1.50 bits per heavy atom. The van der Waals surface area contributed by atoms with Crippen LogP contribution in [0.2, 0.25) is 0 Å². The molecule has 0 saturated carbocycles. The van der Waals surface area contributed by atoms with Crippen LogP contribution in [0.3, 0.4) is 0 Å². The number of hydrogen-bond acceptors (Lipinski definition) is 4. The average molecular weight is 260 g/mol. The van der Waals surface area contributed by atoms with E-state index in [-0.39, 0.29) is 22.1 Å². The van der Waals surface area contributed by atoms with E-state index in [9.17, 15) is 8.42 Å². The van der Waals surface area contributed by atoms with Crippen molar-refractivity contribution in [2.45, 2.75) is 4.90 Å². The zero-order chi connectivity index (χ0) is 12.2. The molecule has 1 aromatic carbocycles. The molecule has 86 valence electrons. The van der Waals surface area contributed by atoms with Gasteiger partial charge in [-0.1, -0.05) is 0 Å². The Balaban J connectivity index is 3.36. The number of ether oxygens (including phenoxy) is 1. The lowest BCUT2D eigenvalue weighted by Crippen LogP contribution is -2.10. The maximum absolute atomic E-state index is 11.8. The molecule has 0 amide bonds. The summed E-state index contributed by atoms with van der Waals surface area (Å²) in [5.41, 5.74) is 0.103. The first kappa shape index (κ1) is 12.8. The summed E-state index contributed by atoms with van der Waals surface area (Å²) in [6.45, 7) is 0. The van der Waals surface area contributed by atoms with Gasteiger partial charge in [-0.05, 0) is 12.1 Å². The molecule has 0 radical (unpaired) electrons. The minimum atomic E-state index is -3.52. The molecule has 0 aliphatic carbocycles. The van der Waals surface area contributed by atoms with Crippen molar-refractivity contribution in [3.8, 4) is 11.8 Å². The van der Waals surface area contributed by atoms with Gasteiger partial charge in [0.2, 0.25) is 0 Å². The van der Waals surface area contributed by atoms with Crippen molar-refractivity contribution >= 4 is 21.4 Å². The fraction of sp³-hybridized carbons (Fsp3) is 0.300. The number of halogens is 1.